The van der Waals surface area contributed by atoms with Gasteiger partial charge in [0.1, 0.15) is 11.8 Å². The van der Waals surface area contributed by atoms with Crippen LogP contribution in [-0.2, 0) is 10.1 Å². The lowest BCUT2D eigenvalue weighted by Crippen LogP contribution is -2.24. The third-order valence-corrected chi connectivity index (χ3v) is 2.77. The molecule has 0 atom stereocenters. The number of hydrogen-bond donors (Lipinski definition) is 3. The molecule has 2 aromatic rings. The molecule has 2 rings (SSSR count). The van der Waals surface area contributed by atoms with Crippen LogP contribution in [0.25, 0.3) is 5.69 Å². The first kappa shape index (κ1) is 19.9. The van der Waals surface area contributed by atoms with Gasteiger partial charge in [0, 0.05) is 16.9 Å². The highest BCUT2D eigenvalue weighted by Gasteiger charge is 2.10. The second-order valence-corrected chi connectivity index (χ2v) is 6.40. The molecule has 0 saturated carbocycles. The van der Waals surface area contributed by atoms with Crippen molar-refractivity contribution in [1.29, 1.82) is 5.26 Å². The molecule has 25 heavy (non-hydrogen) atoms. The van der Waals surface area contributed by atoms with Crippen LogP contribution in [0.2, 0.25) is 0 Å². The van der Waals surface area contributed by atoms with E-state index in [9.17, 15) is 13.2 Å². The number of aliphatic imine (C=N–C) groups is 1. The maximum Gasteiger partial charge on any atom is 0.280 e. The molecule has 5 N–H and O–H groups in total. The van der Waals surface area contributed by atoms with Gasteiger partial charge < -0.3 is 16.0 Å². The molecule has 0 saturated heterocycles. The summed E-state index contributed by atoms with van der Waals surface area (Å²) in [6.45, 7) is 1.88. The summed E-state index contributed by atoms with van der Waals surface area (Å²) >= 11 is 0. The van der Waals surface area contributed by atoms with Gasteiger partial charge in [-0.3, -0.25) is 9.35 Å². The largest absolute Gasteiger partial charge is 0.370 e. The van der Waals surface area contributed by atoms with Crippen LogP contribution >= 0.6 is 0 Å². The Hall–Kier alpha value is -3.16. The second kappa shape index (κ2) is 8.09. The van der Waals surface area contributed by atoms with Gasteiger partial charge in [0.2, 0.25) is 0 Å². The molecule has 1 heterocycles. The van der Waals surface area contributed by atoms with Gasteiger partial charge in [0.25, 0.3) is 16.0 Å². The van der Waals surface area contributed by atoms with Gasteiger partial charge in [-0.25, -0.2) is 0 Å². The SMILES string of the molecule is CS(=O)(=O)O.Cc1ccc(C#N)n1-c1cccc(C(=O)N=C(N)N)c1. The van der Waals surface area contributed by atoms with E-state index in [4.69, 9.17) is 21.3 Å². The van der Waals surface area contributed by atoms with Crippen molar-refractivity contribution in [3.63, 3.8) is 0 Å². The number of nitrogens with two attached hydrogens (primary N) is 2. The van der Waals surface area contributed by atoms with Crippen molar-refractivity contribution in [3.05, 3.63) is 53.3 Å². The Morgan fingerprint density at radius 1 is 1.28 bits per heavy atom. The Labute approximate surface area is 144 Å². The van der Waals surface area contributed by atoms with Crippen LogP contribution in [0.3, 0.4) is 0 Å². The first-order chi connectivity index (χ1) is 11.5. The van der Waals surface area contributed by atoms with Gasteiger partial charge >= 0.3 is 0 Å². The normalized spacial score (nSPS) is 10.2. The third-order valence-electron chi connectivity index (χ3n) is 2.77. The number of nitriles is 1. The van der Waals surface area contributed by atoms with Gasteiger partial charge in [-0.05, 0) is 37.3 Å². The molecule has 0 aliphatic carbocycles. The molecule has 9 nitrogen and oxygen atoms in total. The minimum Gasteiger partial charge on any atom is -0.370 e. The number of carbonyl (C=O) groups excluding carboxylic acids is 1. The third kappa shape index (κ3) is 6.46. The van der Waals surface area contributed by atoms with Crippen molar-refractivity contribution in [2.45, 2.75) is 6.92 Å². The second-order valence-electron chi connectivity index (χ2n) is 4.93. The summed E-state index contributed by atoms with van der Waals surface area (Å²) < 4.78 is 27.6. The van der Waals surface area contributed by atoms with Gasteiger partial charge in [0.15, 0.2) is 5.96 Å². The van der Waals surface area contributed by atoms with Crippen LogP contribution in [-0.4, -0.2) is 35.7 Å². The summed E-state index contributed by atoms with van der Waals surface area (Å²) in [6, 6.07) is 12.4. The average molecular weight is 363 g/mol. The van der Waals surface area contributed by atoms with E-state index in [1.165, 1.54) is 0 Å². The quantitative estimate of drug-likeness (QED) is 0.398. The first-order valence-corrected chi connectivity index (χ1v) is 8.63. The number of aryl methyl sites for hydroxylation is 1. The number of amides is 1. The van der Waals surface area contributed by atoms with E-state index >= 15 is 0 Å². The number of aromatic nitrogens is 1. The molecule has 0 spiro atoms. The van der Waals surface area contributed by atoms with Crippen LogP contribution in [0.4, 0.5) is 0 Å². The van der Waals surface area contributed by atoms with Crippen LogP contribution in [0.15, 0.2) is 41.4 Å². The summed E-state index contributed by atoms with van der Waals surface area (Å²) in [5.41, 5.74) is 12.8. The minimum absolute atomic E-state index is 0.282. The molecule has 1 aromatic carbocycles. The fourth-order valence-electron chi connectivity index (χ4n) is 1.93. The van der Waals surface area contributed by atoms with Crippen molar-refractivity contribution in [2.75, 3.05) is 6.26 Å². The fraction of sp³-hybridized carbons (Fsp3) is 0.133. The van der Waals surface area contributed by atoms with E-state index in [0.717, 1.165) is 5.69 Å². The Morgan fingerprint density at radius 2 is 1.88 bits per heavy atom. The van der Waals surface area contributed by atoms with Crippen molar-refractivity contribution < 1.29 is 17.8 Å². The lowest BCUT2D eigenvalue weighted by Gasteiger charge is -2.08. The molecule has 0 aliphatic heterocycles. The van der Waals surface area contributed by atoms with E-state index < -0.39 is 16.0 Å². The average Bonchev–Trinajstić information content (AvgIpc) is 2.86. The topological polar surface area (TPSA) is 165 Å². The van der Waals surface area contributed by atoms with Crippen molar-refractivity contribution in [2.24, 2.45) is 16.5 Å². The first-order valence-electron chi connectivity index (χ1n) is 6.78. The number of hydrogen-bond acceptors (Lipinski definition) is 4. The van der Waals surface area contributed by atoms with Crippen LogP contribution < -0.4 is 11.5 Å². The monoisotopic (exact) mass is 363 g/mol. The number of rotatable bonds is 2. The van der Waals surface area contributed by atoms with Gasteiger partial charge in [-0.1, -0.05) is 6.07 Å². The Bertz CT molecular complexity index is 943. The van der Waals surface area contributed by atoms with E-state index in [1.54, 1.807) is 34.9 Å². The van der Waals surface area contributed by atoms with Crippen LogP contribution in [0.1, 0.15) is 21.7 Å². The summed E-state index contributed by atoms with van der Waals surface area (Å²) in [7, 11) is -3.67. The van der Waals surface area contributed by atoms with E-state index in [0.29, 0.717) is 23.2 Å². The zero-order valence-corrected chi connectivity index (χ0v) is 14.4. The van der Waals surface area contributed by atoms with E-state index in [2.05, 4.69) is 11.1 Å². The van der Waals surface area contributed by atoms with Crippen molar-refractivity contribution in [1.82, 2.24) is 4.57 Å². The summed E-state index contributed by atoms with van der Waals surface area (Å²) in [4.78, 5) is 15.3. The molecule has 0 radical (unpaired) electrons. The minimum atomic E-state index is -3.67. The van der Waals surface area contributed by atoms with Crippen LogP contribution in [0, 0.1) is 18.3 Å². The maximum atomic E-state index is 11.8. The molecular weight excluding hydrogens is 346 g/mol. The predicted octanol–water partition coefficient (Wildman–Crippen LogP) is 0.575. The van der Waals surface area contributed by atoms with Crippen molar-refractivity contribution >= 4 is 22.0 Å². The molecule has 0 fully saturated rings. The standard InChI is InChI=1S/C14H13N5O.CH4O3S/c1-9-5-6-12(8-15)19(9)11-4-2-3-10(7-11)13(20)18-14(16)17;1-5(2,3)4/h2-7H,1H3,(H4,16,17,18,20);1H3,(H,2,3,4). The number of benzene rings is 1. The molecule has 1 aromatic heterocycles. The zero-order valence-electron chi connectivity index (χ0n) is 13.5. The number of nitrogens with zero attached hydrogens (tertiary/aromatic N) is 3. The Balaban J connectivity index is 0.000000550. The van der Waals surface area contributed by atoms with Gasteiger partial charge in [-0.2, -0.15) is 18.7 Å². The zero-order chi connectivity index (χ0) is 19.2. The predicted molar refractivity (Wildman–Crippen MR) is 92.8 cm³/mol. The highest BCUT2D eigenvalue weighted by atomic mass is 32.2. The molecule has 0 aliphatic rings. The van der Waals surface area contributed by atoms with Gasteiger partial charge in [-0.15, -0.1) is 0 Å². The summed E-state index contributed by atoms with van der Waals surface area (Å²) in [5, 5.41) is 9.10. The molecule has 0 bridgehead atoms. The number of carbonyl (C=O) groups is 1. The molecule has 132 valence electrons. The van der Waals surface area contributed by atoms with E-state index in [1.807, 2.05) is 13.0 Å². The number of guanidine groups is 1. The lowest BCUT2D eigenvalue weighted by molar-refractivity contribution is 0.100. The highest BCUT2D eigenvalue weighted by Crippen LogP contribution is 2.18. The molecular formula is C15H17N5O4S. The lowest BCUT2D eigenvalue weighted by atomic mass is 10.2. The van der Waals surface area contributed by atoms with E-state index in [-0.39, 0.29) is 5.96 Å². The van der Waals surface area contributed by atoms with Gasteiger partial charge in [0.05, 0.1) is 6.26 Å². The van der Waals surface area contributed by atoms with Crippen molar-refractivity contribution in [3.8, 4) is 11.8 Å². The summed E-state index contributed by atoms with van der Waals surface area (Å²) in [6.07, 6.45) is 0.715. The Morgan fingerprint density at radius 3 is 2.40 bits per heavy atom. The molecule has 10 heteroatoms. The smallest absolute Gasteiger partial charge is 0.280 e. The van der Waals surface area contributed by atoms with Crippen LogP contribution in [0.5, 0.6) is 0 Å². The summed E-state index contributed by atoms with van der Waals surface area (Å²) in [5.74, 6) is -0.801. The highest BCUT2D eigenvalue weighted by molar-refractivity contribution is 7.85. The molecule has 1 amide bonds. The molecule has 0 unspecified atom stereocenters. The maximum absolute atomic E-state index is 11.8. The Kier molecular flexibility index (Phi) is 6.44. The fourth-order valence-corrected chi connectivity index (χ4v) is 1.93.